The molecular formula is C21H21N5O2. The van der Waals surface area contributed by atoms with Crippen LogP contribution in [0.1, 0.15) is 30.7 Å². The molecule has 1 aliphatic rings. The third kappa shape index (κ3) is 3.64. The van der Waals surface area contributed by atoms with Crippen LogP contribution in [0.5, 0.6) is 0 Å². The lowest BCUT2D eigenvalue weighted by Gasteiger charge is -2.39. The van der Waals surface area contributed by atoms with Gasteiger partial charge in [0, 0.05) is 5.69 Å². The van der Waals surface area contributed by atoms with Crippen molar-refractivity contribution >= 4 is 23.6 Å². The van der Waals surface area contributed by atoms with Gasteiger partial charge in [0.2, 0.25) is 11.9 Å². The Kier molecular flexibility index (Phi) is 4.89. The predicted octanol–water partition coefficient (Wildman–Crippen LogP) is 3.36. The van der Waals surface area contributed by atoms with Crippen LogP contribution >= 0.6 is 0 Å². The molecule has 0 radical (unpaired) electrons. The van der Waals surface area contributed by atoms with Gasteiger partial charge in [0.15, 0.2) is 12.4 Å². The second-order valence-electron chi connectivity index (χ2n) is 6.80. The molecule has 3 N–H and O–H groups in total. The van der Waals surface area contributed by atoms with E-state index in [-0.39, 0.29) is 18.5 Å². The fraction of sp³-hybridized carbons (Fsp3) is 0.238. The summed E-state index contributed by atoms with van der Waals surface area (Å²) >= 11 is 0. The van der Waals surface area contributed by atoms with Gasteiger partial charge in [0.25, 0.3) is 0 Å². The number of anilines is 3. The number of hydrogen-bond acceptors (Lipinski definition) is 7. The monoisotopic (exact) mass is 375 g/mol. The number of carbonyl (C=O) groups is 1. The molecule has 2 aromatic carbocycles. The van der Waals surface area contributed by atoms with Gasteiger partial charge in [0.1, 0.15) is 0 Å². The summed E-state index contributed by atoms with van der Waals surface area (Å²) in [6.45, 7) is -0.0520. The number of carbonyl (C=O) groups excluding carboxylic acids is 1. The molecule has 0 aliphatic heterocycles. The Balaban J connectivity index is 1.46. The van der Waals surface area contributed by atoms with Gasteiger partial charge in [-0.05, 0) is 30.5 Å². The van der Waals surface area contributed by atoms with Crippen molar-refractivity contribution in [3.8, 4) is 0 Å². The average Bonchev–Trinajstić information content (AvgIpc) is 2.67. The standard InChI is InChI=1S/C21H21N5O2/c22-19-24-17(25-20(26-19)23-16-10-5-2-6-11-16)14-28-18(27)21(12-7-13-21)15-8-3-1-4-9-15/h1-6,8-11H,7,12-14H2,(H3,22,23,24,25,26). The molecular weight excluding hydrogens is 354 g/mol. The van der Waals surface area contributed by atoms with Crippen molar-refractivity contribution in [2.24, 2.45) is 0 Å². The van der Waals surface area contributed by atoms with Gasteiger partial charge in [-0.2, -0.15) is 15.0 Å². The van der Waals surface area contributed by atoms with E-state index in [0.29, 0.717) is 11.8 Å². The Morgan fingerprint density at radius 2 is 1.68 bits per heavy atom. The maximum absolute atomic E-state index is 12.8. The number of esters is 1. The summed E-state index contributed by atoms with van der Waals surface area (Å²) < 4.78 is 5.57. The molecule has 7 nitrogen and oxygen atoms in total. The van der Waals surface area contributed by atoms with Crippen LogP contribution in [0.2, 0.25) is 0 Å². The number of hydrogen-bond donors (Lipinski definition) is 2. The van der Waals surface area contributed by atoms with Gasteiger partial charge in [-0.15, -0.1) is 0 Å². The summed E-state index contributed by atoms with van der Waals surface area (Å²) in [5, 5.41) is 3.07. The van der Waals surface area contributed by atoms with Crippen molar-refractivity contribution in [1.29, 1.82) is 0 Å². The topological polar surface area (TPSA) is 103 Å². The molecule has 0 amide bonds. The van der Waals surface area contributed by atoms with E-state index < -0.39 is 5.41 Å². The van der Waals surface area contributed by atoms with E-state index in [2.05, 4.69) is 20.3 Å². The molecule has 142 valence electrons. The number of ether oxygens (including phenoxy) is 1. The number of nitrogen functional groups attached to an aromatic ring is 1. The minimum absolute atomic E-state index is 0.0520. The Morgan fingerprint density at radius 3 is 2.32 bits per heavy atom. The van der Waals surface area contributed by atoms with E-state index in [1.54, 1.807) is 0 Å². The Bertz CT molecular complexity index is 959. The minimum Gasteiger partial charge on any atom is -0.457 e. The van der Waals surface area contributed by atoms with Crippen LogP contribution in [-0.4, -0.2) is 20.9 Å². The number of nitrogens with one attached hydrogen (secondary N) is 1. The smallest absolute Gasteiger partial charge is 0.317 e. The molecule has 7 heteroatoms. The highest BCUT2D eigenvalue weighted by Crippen LogP contribution is 2.44. The van der Waals surface area contributed by atoms with E-state index in [9.17, 15) is 4.79 Å². The van der Waals surface area contributed by atoms with Crippen molar-refractivity contribution in [3.05, 3.63) is 72.1 Å². The van der Waals surface area contributed by atoms with Gasteiger partial charge in [-0.25, -0.2) is 0 Å². The largest absolute Gasteiger partial charge is 0.457 e. The van der Waals surface area contributed by atoms with Crippen molar-refractivity contribution < 1.29 is 9.53 Å². The maximum atomic E-state index is 12.8. The molecule has 1 heterocycles. The quantitative estimate of drug-likeness (QED) is 0.637. The van der Waals surface area contributed by atoms with Crippen molar-refractivity contribution in [2.45, 2.75) is 31.3 Å². The lowest BCUT2D eigenvalue weighted by atomic mass is 9.64. The number of aromatic nitrogens is 3. The van der Waals surface area contributed by atoms with Gasteiger partial charge in [-0.3, -0.25) is 4.79 Å². The molecule has 0 saturated heterocycles. The Hall–Kier alpha value is -3.48. The fourth-order valence-corrected chi connectivity index (χ4v) is 3.38. The first-order valence-electron chi connectivity index (χ1n) is 9.21. The van der Waals surface area contributed by atoms with E-state index in [1.165, 1.54) is 0 Å². The highest BCUT2D eigenvalue weighted by molar-refractivity contribution is 5.84. The first-order chi connectivity index (χ1) is 13.7. The van der Waals surface area contributed by atoms with Gasteiger partial charge >= 0.3 is 5.97 Å². The Morgan fingerprint density at radius 1 is 1.00 bits per heavy atom. The summed E-state index contributed by atoms with van der Waals surface area (Å²) in [7, 11) is 0. The molecule has 1 aliphatic carbocycles. The molecule has 1 aromatic heterocycles. The number of rotatable bonds is 6. The van der Waals surface area contributed by atoms with E-state index >= 15 is 0 Å². The van der Waals surface area contributed by atoms with Crippen molar-refractivity contribution in [2.75, 3.05) is 11.1 Å². The molecule has 28 heavy (non-hydrogen) atoms. The first kappa shape index (κ1) is 17.9. The van der Waals surface area contributed by atoms with Crippen LogP contribution in [0, 0.1) is 0 Å². The number of nitrogens with two attached hydrogens (primary N) is 1. The zero-order chi connectivity index (χ0) is 19.4. The molecule has 0 spiro atoms. The zero-order valence-corrected chi connectivity index (χ0v) is 15.3. The third-order valence-corrected chi connectivity index (χ3v) is 4.99. The SMILES string of the molecule is Nc1nc(COC(=O)C2(c3ccccc3)CCC2)nc(Nc2ccccc2)n1. The lowest BCUT2D eigenvalue weighted by molar-refractivity contribution is -0.156. The van der Waals surface area contributed by atoms with Crippen LogP contribution in [-0.2, 0) is 21.6 Å². The van der Waals surface area contributed by atoms with Crippen molar-refractivity contribution in [3.63, 3.8) is 0 Å². The summed E-state index contributed by atoms with van der Waals surface area (Å²) in [6.07, 6.45) is 2.58. The van der Waals surface area contributed by atoms with Gasteiger partial charge in [0.05, 0.1) is 5.41 Å². The van der Waals surface area contributed by atoms with Crippen LogP contribution in [0.15, 0.2) is 60.7 Å². The number of nitrogens with zero attached hydrogens (tertiary/aromatic N) is 3. The number of benzene rings is 2. The summed E-state index contributed by atoms with van der Waals surface area (Å²) in [6, 6.07) is 19.3. The first-order valence-corrected chi connectivity index (χ1v) is 9.21. The van der Waals surface area contributed by atoms with E-state index in [1.807, 2.05) is 60.7 Å². The molecule has 4 rings (SSSR count). The summed E-state index contributed by atoms with van der Waals surface area (Å²) in [5.41, 5.74) is 7.05. The fourth-order valence-electron chi connectivity index (χ4n) is 3.38. The minimum atomic E-state index is -0.565. The molecule has 3 aromatic rings. The second-order valence-corrected chi connectivity index (χ2v) is 6.80. The predicted molar refractivity (Wildman–Crippen MR) is 106 cm³/mol. The van der Waals surface area contributed by atoms with E-state index in [0.717, 1.165) is 30.5 Å². The zero-order valence-electron chi connectivity index (χ0n) is 15.3. The van der Waals surface area contributed by atoms with Crippen LogP contribution in [0.3, 0.4) is 0 Å². The van der Waals surface area contributed by atoms with Gasteiger partial charge in [-0.1, -0.05) is 55.0 Å². The van der Waals surface area contributed by atoms with Crippen LogP contribution in [0.4, 0.5) is 17.6 Å². The lowest BCUT2D eigenvalue weighted by Crippen LogP contribution is -2.43. The highest BCUT2D eigenvalue weighted by atomic mass is 16.5. The second kappa shape index (κ2) is 7.64. The van der Waals surface area contributed by atoms with E-state index in [4.69, 9.17) is 10.5 Å². The molecule has 0 atom stereocenters. The molecule has 1 saturated carbocycles. The van der Waals surface area contributed by atoms with Gasteiger partial charge < -0.3 is 15.8 Å². The average molecular weight is 375 g/mol. The normalized spacial score (nSPS) is 14.7. The molecule has 0 unspecified atom stereocenters. The highest BCUT2D eigenvalue weighted by Gasteiger charge is 2.47. The maximum Gasteiger partial charge on any atom is 0.317 e. The number of para-hydroxylation sites is 1. The molecule has 0 bridgehead atoms. The third-order valence-electron chi connectivity index (χ3n) is 4.99. The van der Waals surface area contributed by atoms with Crippen LogP contribution in [0.25, 0.3) is 0 Å². The summed E-state index contributed by atoms with van der Waals surface area (Å²) in [5.74, 6) is 0.440. The van der Waals surface area contributed by atoms with Crippen molar-refractivity contribution in [1.82, 2.24) is 15.0 Å². The Labute approximate surface area is 163 Å². The summed E-state index contributed by atoms with van der Waals surface area (Å²) in [4.78, 5) is 25.3. The van der Waals surface area contributed by atoms with Crippen LogP contribution < -0.4 is 11.1 Å². The molecule has 1 fully saturated rings.